The molecule has 9 nitrogen and oxygen atoms in total. The number of phosphoric ester groups is 1. The minimum absolute atomic E-state index is 0.0268. The van der Waals surface area contributed by atoms with E-state index in [4.69, 9.17) is 13.8 Å². The Kier molecular flexibility index (Phi) is 60.6. The molecular formula is C73H135N2O7P. The van der Waals surface area contributed by atoms with Crippen LogP contribution in [0, 0.1) is 0 Å². The van der Waals surface area contributed by atoms with Crippen LogP contribution in [0.25, 0.3) is 0 Å². The van der Waals surface area contributed by atoms with Crippen LogP contribution in [0.4, 0.5) is 0 Å². The molecule has 0 saturated heterocycles. The van der Waals surface area contributed by atoms with Gasteiger partial charge in [-0.1, -0.05) is 287 Å². The minimum Gasteiger partial charge on any atom is -0.756 e. The zero-order valence-electron chi connectivity index (χ0n) is 55.4. The Morgan fingerprint density at radius 1 is 0.422 bits per heavy atom. The van der Waals surface area contributed by atoms with E-state index >= 15 is 0 Å². The number of hydrogen-bond acceptors (Lipinski definition) is 7. The molecule has 3 unspecified atom stereocenters. The molecule has 1 N–H and O–H groups in total. The van der Waals surface area contributed by atoms with E-state index < -0.39 is 26.6 Å². The summed E-state index contributed by atoms with van der Waals surface area (Å²) in [7, 11) is 1.18. The smallest absolute Gasteiger partial charge is 0.306 e. The summed E-state index contributed by atoms with van der Waals surface area (Å²) in [6.45, 7) is 6.81. The summed E-state index contributed by atoms with van der Waals surface area (Å²) < 4.78 is 30.4. The van der Waals surface area contributed by atoms with Crippen LogP contribution >= 0.6 is 7.82 Å². The lowest BCUT2D eigenvalue weighted by Crippen LogP contribution is -2.47. The second kappa shape index (κ2) is 62.5. The summed E-state index contributed by atoms with van der Waals surface area (Å²) in [6.07, 6.45) is 81.7. The second-order valence-electron chi connectivity index (χ2n) is 25.0. The van der Waals surface area contributed by atoms with E-state index in [0.717, 1.165) is 83.5 Å². The molecule has 10 heteroatoms. The molecule has 0 aromatic heterocycles. The molecule has 0 rings (SSSR count). The molecular weight excluding hydrogens is 1050 g/mol. The Bertz CT molecular complexity index is 1650. The van der Waals surface area contributed by atoms with Crippen molar-refractivity contribution in [1.29, 1.82) is 0 Å². The molecule has 0 saturated carbocycles. The summed E-state index contributed by atoms with van der Waals surface area (Å²) in [5, 5.41) is 3.04. The molecule has 0 aromatic rings. The average molecular weight is 1180 g/mol. The standard InChI is InChI=1S/C73H135N2O7P/c1-7-10-13-16-19-22-25-28-30-32-33-34-35-36-37-38-39-40-41-43-44-47-50-53-56-59-62-65-72(76)74-70(69-81-83(78,79)80-68-67-75(4,5)6)71(64-61-58-55-52-49-46-27-24-21-18-15-12-9-3)82-73(77)66-63-60-57-54-51-48-45-42-31-29-26-23-20-17-14-11-8-2/h19-20,22-23,28-31,45,48,61,64,70-71H,7-18,21,24-27,32-44,46-47,49-60,62-63,65-69H2,1-6H3,(H-,74,76,78,79)/b22-19-,23-20-,30-28-,31-29-,48-45-,64-61-. The van der Waals surface area contributed by atoms with Crippen LogP contribution in [0.3, 0.4) is 0 Å². The summed E-state index contributed by atoms with van der Waals surface area (Å²) in [5.41, 5.74) is 0. The number of ether oxygens (including phenoxy) is 1. The topological polar surface area (TPSA) is 114 Å². The zero-order chi connectivity index (χ0) is 60.7. The highest BCUT2D eigenvalue weighted by molar-refractivity contribution is 7.45. The van der Waals surface area contributed by atoms with Crippen molar-refractivity contribution in [2.75, 3.05) is 40.9 Å². The van der Waals surface area contributed by atoms with Crippen LogP contribution in [0.15, 0.2) is 72.9 Å². The summed E-state index contributed by atoms with van der Waals surface area (Å²) in [4.78, 5) is 40.2. The Labute approximate surface area is 514 Å². The first kappa shape index (κ1) is 80.5. The number of nitrogens with one attached hydrogen (secondary N) is 1. The largest absolute Gasteiger partial charge is 0.756 e. The highest BCUT2D eigenvalue weighted by Crippen LogP contribution is 2.38. The van der Waals surface area contributed by atoms with E-state index in [1.165, 1.54) is 205 Å². The third-order valence-corrected chi connectivity index (χ3v) is 16.6. The molecule has 0 fully saturated rings. The molecule has 83 heavy (non-hydrogen) atoms. The van der Waals surface area contributed by atoms with E-state index in [-0.39, 0.29) is 24.9 Å². The number of esters is 1. The van der Waals surface area contributed by atoms with E-state index in [9.17, 15) is 19.0 Å². The molecule has 0 heterocycles. The number of allylic oxidation sites excluding steroid dienone is 11. The maximum atomic E-state index is 13.6. The van der Waals surface area contributed by atoms with Crippen LogP contribution in [-0.4, -0.2) is 69.4 Å². The minimum atomic E-state index is -4.71. The number of quaternary nitrogens is 1. The third kappa shape index (κ3) is 63.8. The average Bonchev–Trinajstić information content (AvgIpc) is 3.47. The highest BCUT2D eigenvalue weighted by atomic mass is 31.2. The van der Waals surface area contributed by atoms with Gasteiger partial charge in [0.15, 0.2) is 0 Å². The van der Waals surface area contributed by atoms with Crippen molar-refractivity contribution in [3.05, 3.63) is 72.9 Å². The van der Waals surface area contributed by atoms with Crippen molar-refractivity contribution >= 4 is 19.7 Å². The zero-order valence-corrected chi connectivity index (χ0v) is 56.3. The Morgan fingerprint density at radius 2 is 0.735 bits per heavy atom. The van der Waals surface area contributed by atoms with Gasteiger partial charge in [0.2, 0.25) is 5.91 Å². The fraction of sp³-hybridized carbons (Fsp3) is 0.808. The normalized spacial score (nSPS) is 14.0. The van der Waals surface area contributed by atoms with Gasteiger partial charge in [-0.05, 0) is 102 Å². The SMILES string of the molecule is CCCCC/C=C\C/C=C\C/C=C\CCCCCCC(=O)OC(/C=C\CCCCCCCCCCCCC)C(COP(=O)([O-])OCC[N+](C)(C)C)NC(=O)CCCCCCCCCCCCCCCCCCC/C=C\C/C=C\CCCCC. The van der Waals surface area contributed by atoms with Gasteiger partial charge in [-0.2, -0.15) is 0 Å². The summed E-state index contributed by atoms with van der Waals surface area (Å²) >= 11 is 0. The molecule has 0 spiro atoms. The van der Waals surface area contributed by atoms with Crippen molar-refractivity contribution < 1.29 is 37.3 Å². The molecule has 484 valence electrons. The predicted octanol–water partition coefficient (Wildman–Crippen LogP) is 21.7. The fourth-order valence-corrected chi connectivity index (χ4v) is 10.9. The molecule has 0 aliphatic rings. The Balaban J connectivity index is 5.07. The van der Waals surface area contributed by atoms with E-state index in [2.05, 4.69) is 86.8 Å². The van der Waals surface area contributed by atoms with Crippen molar-refractivity contribution in [1.82, 2.24) is 5.32 Å². The van der Waals surface area contributed by atoms with E-state index in [0.29, 0.717) is 23.9 Å². The van der Waals surface area contributed by atoms with Crippen molar-refractivity contribution in [3.8, 4) is 0 Å². The van der Waals surface area contributed by atoms with Crippen LogP contribution in [-0.2, 0) is 27.9 Å². The fourth-order valence-electron chi connectivity index (χ4n) is 10.1. The Hall–Kier alpha value is -2.55. The maximum absolute atomic E-state index is 13.6. The van der Waals surface area contributed by atoms with Crippen molar-refractivity contribution in [2.24, 2.45) is 0 Å². The molecule has 0 aliphatic heterocycles. The number of unbranched alkanes of at least 4 members (excludes halogenated alkanes) is 38. The lowest BCUT2D eigenvalue weighted by Gasteiger charge is -2.30. The van der Waals surface area contributed by atoms with Gasteiger partial charge >= 0.3 is 5.97 Å². The maximum Gasteiger partial charge on any atom is 0.306 e. The van der Waals surface area contributed by atoms with E-state index in [1.807, 2.05) is 33.3 Å². The molecule has 0 aromatic carbocycles. The van der Waals surface area contributed by atoms with Gasteiger partial charge in [0, 0.05) is 12.8 Å². The number of rotatable bonds is 64. The molecule has 0 aliphatic carbocycles. The van der Waals surface area contributed by atoms with Gasteiger partial charge < -0.3 is 28.5 Å². The molecule has 3 atom stereocenters. The Morgan fingerprint density at radius 3 is 1.12 bits per heavy atom. The number of likely N-dealkylation sites (N-methyl/N-ethyl adjacent to an activating group) is 1. The molecule has 0 bridgehead atoms. The number of amides is 1. The summed E-state index contributed by atoms with van der Waals surface area (Å²) in [5.74, 6) is -0.556. The van der Waals surface area contributed by atoms with Gasteiger partial charge in [-0.15, -0.1) is 0 Å². The highest BCUT2D eigenvalue weighted by Gasteiger charge is 2.27. The monoisotopic (exact) mass is 1180 g/mol. The lowest BCUT2D eigenvalue weighted by molar-refractivity contribution is -0.870. The van der Waals surface area contributed by atoms with E-state index in [1.54, 1.807) is 0 Å². The second-order valence-corrected chi connectivity index (χ2v) is 26.4. The first-order valence-electron chi connectivity index (χ1n) is 35.2. The first-order valence-corrected chi connectivity index (χ1v) is 36.7. The van der Waals surface area contributed by atoms with Gasteiger partial charge in [-0.25, -0.2) is 0 Å². The number of nitrogens with zero attached hydrogens (tertiary/aromatic N) is 1. The quantitative estimate of drug-likeness (QED) is 0.0212. The predicted molar refractivity (Wildman–Crippen MR) is 358 cm³/mol. The van der Waals surface area contributed by atoms with Crippen LogP contribution in [0.1, 0.15) is 329 Å². The number of phosphoric acid groups is 1. The van der Waals surface area contributed by atoms with Gasteiger partial charge in [0.25, 0.3) is 7.82 Å². The molecule has 1 amide bonds. The van der Waals surface area contributed by atoms with Crippen LogP contribution in [0.2, 0.25) is 0 Å². The number of hydrogen-bond donors (Lipinski definition) is 1. The number of carbonyl (C=O) groups excluding carboxylic acids is 2. The van der Waals surface area contributed by atoms with Crippen molar-refractivity contribution in [2.45, 2.75) is 341 Å². The summed E-state index contributed by atoms with van der Waals surface area (Å²) in [6, 6.07) is -0.900. The lowest BCUT2D eigenvalue weighted by atomic mass is 10.0. The number of carbonyl (C=O) groups is 2. The van der Waals surface area contributed by atoms with Gasteiger partial charge in [0.1, 0.15) is 19.3 Å². The third-order valence-electron chi connectivity index (χ3n) is 15.6. The van der Waals surface area contributed by atoms with Gasteiger partial charge in [-0.3, -0.25) is 14.2 Å². The van der Waals surface area contributed by atoms with Gasteiger partial charge in [0.05, 0.1) is 33.8 Å². The van der Waals surface area contributed by atoms with Crippen LogP contribution in [0.5, 0.6) is 0 Å². The molecule has 0 radical (unpaired) electrons. The first-order chi connectivity index (χ1) is 40.4. The van der Waals surface area contributed by atoms with Crippen LogP contribution < -0.4 is 10.2 Å². The van der Waals surface area contributed by atoms with Crippen molar-refractivity contribution in [3.63, 3.8) is 0 Å².